The zero-order valence-electron chi connectivity index (χ0n) is 7.77. The van der Waals surface area contributed by atoms with E-state index in [4.69, 9.17) is 5.73 Å². The maximum atomic E-state index is 11.4. The summed E-state index contributed by atoms with van der Waals surface area (Å²) in [7, 11) is 1.30. The van der Waals surface area contributed by atoms with Gasteiger partial charge in [0.05, 0.1) is 11.6 Å². The Morgan fingerprint density at radius 3 is 3.00 bits per heavy atom. The molecule has 78 valence electrons. The Balaban J connectivity index is 2.76. The van der Waals surface area contributed by atoms with Crippen molar-refractivity contribution in [3.8, 4) is 0 Å². The Bertz CT molecular complexity index is 537. The van der Waals surface area contributed by atoms with Crippen LogP contribution in [0.15, 0.2) is 16.6 Å². The average molecular weight is 271 g/mol. The molecular weight excluding hydrogens is 264 g/mol. The van der Waals surface area contributed by atoms with Crippen LogP contribution >= 0.6 is 15.9 Å². The Kier molecular flexibility index (Phi) is 2.31. The topological polar surface area (TPSA) is 82.5 Å². The molecule has 0 radical (unpaired) electrons. The van der Waals surface area contributed by atoms with E-state index >= 15 is 0 Å². The molecule has 0 spiro atoms. The third-order valence-corrected chi connectivity index (χ3v) is 2.47. The predicted octanol–water partition coefficient (Wildman–Crippen LogP) is 0.861. The van der Waals surface area contributed by atoms with Crippen LogP contribution in [0.4, 0.5) is 5.95 Å². The van der Waals surface area contributed by atoms with E-state index in [0.717, 1.165) is 0 Å². The van der Waals surface area contributed by atoms with Crippen LogP contribution in [0.25, 0.3) is 5.65 Å². The molecule has 15 heavy (non-hydrogen) atoms. The minimum absolute atomic E-state index is 0.104. The second-order valence-corrected chi connectivity index (χ2v) is 3.62. The van der Waals surface area contributed by atoms with E-state index in [0.29, 0.717) is 10.1 Å². The molecule has 0 aliphatic rings. The number of esters is 1. The van der Waals surface area contributed by atoms with Gasteiger partial charge in [0.1, 0.15) is 0 Å². The number of ether oxygens (including phenoxy) is 1. The lowest BCUT2D eigenvalue weighted by Gasteiger charge is -2.01. The monoisotopic (exact) mass is 270 g/mol. The zero-order chi connectivity index (χ0) is 11.0. The van der Waals surface area contributed by atoms with Crippen molar-refractivity contribution >= 4 is 33.5 Å². The van der Waals surface area contributed by atoms with Crippen LogP contribution < -0.4 is 5.73 Å². The lowest BCUT2D eigenvalue weighted by Crippen LogP contribution is -2.09. The van der Waals surface area contributed by atoms with E-state index in [1.54, 1.807) is 12.1 Å². The molecule has 0 unspecified atom stereocenters. The fourth-order valence-electron chi connectivity index (χ4n) is 1.21. The number of nitrogens with zero attached hydrogens (tertiary/aromatic N) is 3. The van der Waals surface area contributed by atoms with Gasteiger partial charge in [-0.3, -0.25) is 0 Å². The number of nitrogen functional groups attached to an aromatic ring is 1. The SMILES string of the molecule is COC(=O)c1ccc(Br)c2nc(N)nn12. The number of carbonyl (C=O) groups is 1. The minimum Gasteiger partial charge on any atom is -0.464 e. The molecular formula is C8H7BrN4O2. The molecule has 0 amide bonds. The third-order valence-electron chi connectivity index (χ3n) is 1.85. The van der Waals surface area contributed by atoms with Crippen molar-refractivity contribution in [2.45, 2.75) is 0 Å². The predicted molar refractivity (Wildman–Crippen MR) is 56.4 cm³/mol. The molecule has 2 heterocycles. The van der Waals surface area contributed by atoms with Gasteiger partial charge in [0.2, 0.25) is 5.95 Å². The number of rotatable bonds is 1. The van der Waals surface area contributed by atoms with Crippen molar-refractivity contribution in [2.75, 3.05) is 12.8 Å². The van der Waals surface area contributed by atoms with Gasteiger partial charge in [0, 0.05) is 0 Å². The molecule has 2 N–H and O–H groups in total. The average Bonchev–Trinajstić information content (AvgIpc) is 2.60. The first-order valence-electron chi connectivity index (χ1n) is 4.02. The van der Waals surface area contributed by atoms with Gasteiger partial charge in [-0.05, 0) is 28.1 Å². The zero-order valence-corrected chi connectivity index (χ0v) is 9.35. The molecule has 0 aliphatic carbocycles. The standard InChI is InChI=1S/C8H7BrN4O2/c1-15-7(14)5-3-2-4(9)6-11-8(10)12-13(5)6/h2-3H,1H3,(H2,10,12). The van der Waals surface area contributed by atoms with Crippen LogP contribution in [-0.4, -0.2) is 27.7 Å². The van der Waals surface area contributed by atoms with E-state index in [2.05, 4.69) is 30.7 Å². The number of pyridine rings is 1. The quantitative estimate of drug-likeness (QED) is 0.778. The number of hydrogen-bond donors (Lipinski definition) is 1. The normalized spacial score (nSPS) is 10.5. The molecule has 0 fully saturated rings. The second-order valence-electron chi connectivity index (χ2n) is 2.76. The summed E-state index contributed by atoms with van der Waals surface area (Å²) in [5.74, 6) is -0.385. The van der Waals surface area contributed by atoms with Crippen LogP contribution in [0.5, 0.6) is 0 Å². The van der Waals surface area contributed by atoms with Crippen molar-refractivity contribution in [3.63, 3.8) is 0 Å². The van der Waals surface area contributed by atoms with Crippen molar-refractivity contribution in [1.82, 2.24) is 14.6 Å². The summed E-state index contributed by atoms with van der Waals surface area (Å²) in [4.78, 5) is 15.3. The molecule has 2 rings (SSSR count). The Labute approximate surface area is 93.2 Å². The maximum absolute atomic E-state index is 11.4. The third kappa shape index (κ3) is 1.54. The molecule has 6 nitrogen and oxygen atoms in total. The summed E-state index contributed by atoms with van der Waals surface area (Å²) >= 11 is 3.28. The summed E-state index contributed by atoms with van der Waals surface area (Å²) in [6.07, 6.45) is 0. The molecule has 0 aliphatic heterocycles. The van der Waals surface area contributed by atoms with E-state index < -0.39 is 5.97 Å². The molecule has 0 saturated heterocycles. The van der Waals surface area contributed by atoms with Crippen LogP contribution in [-0.2, 0) is 4.74 Å². The summed E-state index contributed by atoms with van der Waals surface area (Å²) in [6.45, 7) is 0. The van der Waals surface area contributed by atoms with Gasteiger partial charge in [-0.1, -0.05) is 0 Å². The number of nitrogens with two attached hydrogens (primary N) is 1. The van der Waals surface area contributed by atoms with Gasteiger partial charge in [-0.25, -0.2) is 9.31 Å². The van der Waals surface area contributed by atoms with Crippen molar-refractivity contribution in [3.05, 3.63) is 22.3 Å². The summed E-state index contributed by atoms with van der Waals surface area (Å²) in [6, 6.07) is 3.27. The summed E-state index contributed by atoms with van der Waals surface area (Å²) in [5, 5.41) is 3.90. The number of halogens is 1. The molecule has 0 bridgehead atoms. The molecule has 0 atom stereocenters. The van der Waals surface area contributed by atoms with Gasteiger partial charge in [0.25, 0.3) is 0 Å². The second kappa shape index (κ2) is 3.50. The number of methoxy groups -OCH3 is 1. The highest BCUT2D eigenvalue weighted by atomic mass is 79.9. The summed E-state index contributed by atoms with van der Waals surface area (Å²) < 4.78 is 6.66. The van der Waals surface area contributed by atoms with E-state index in [1.165, 1.54) is 11.6 Å². The number of carbonyl (C=O) groups excluding carboxylic acids is 1. The van der Waals surface area contributed by atoms with Crippen molar-refractivity contribution < 1.29 is 9.53 Å². The minimum atomic E-state index is -0.489. The Morgan fingerprint density at radius 2 is 2.33 bits per heavy atom. The molecule has 2 aromatic heterocycles. The van der Waals surface area contributed by atoms with Gasteiger partial charge >= 0.3 is 5.97 Å². The van der Waals surface area contributed by atoms with Gasteiger partial charge in [-0.2, -0.15) is 4.98 Å². The van der Waals surface area contributed by atoms with E-state index in [9.17, 15) is 4.79 Å². The molecule has 2 aromatic rings. The highest BCUT2D eigenvalue weighted by Gasteiger charge is 2.14. The van der Waals surface area contributed by atoms with E-state index in [-0.39, 0.29) is 11.6 Å². The number of hydrogen-bond acceptors (Lipinski definition) is 5. The van der Waals surface area contributed by atoms with Crippen molar-refractivity contribution in [2.24, 2.45) is 0 Å². The molecule has 0 saturated carbocycles. The number of anilines is 1. The molecule has 0 aromatic carbocycles. The van der Waals surface area contributed by atoms with Gasteiger partial charge < -0.3 is 10.5 Å². The lowest BCUT2D eigenvalue weighted by atomic mass is 10.3. The first kappa shape index (κ1) is 9.91. The van der Waals surface area contributed by atoms with Crippen molar-refractivity contribution in [1.29, 1.82) is 0 Å². The Morgan fingerprint density at radius 1 is 1.60 bits per heavy atom. The van der Waals surface area contributed by atoms with Crippen LogP contribution in [0.1, 0.15) is 10.5 Å². The van der Waals surface area contributed by atoms with Crippen LogP contribution in [0.2, 0.25) is 0 Å². The highest BCUT2D eigenvalue weighted by Crippen LogP contribution is 2.18. The number of fused-ring (bicyclic) bond motifs is 1. The first-order chi connectivity index (χ1) is 7.13. The van der Waals surface area contributed by atoms with Crippen LogP contribution in [0.3, 0.4) is 0 Å². The fraction of sp³-hybridized carbons (Fsp3) is 0.125. The fourth-order valence-corrected chi connectivity index (χ4v) is 1.60. The Hall–Kier alpha value is -1.63. The van der Waals surface area contributed by atoms with Gasteiger partial charge in [-0.15, -0.1) is 5.10 Å². The molecule has 7 heteroatoms. The smallest absolute Gasteiger partial charge is 0.356 e. The maximum Gasteiger partial charge on any atom is 0.356 e. The first-order valence-corrected chi connectivity index (χ1v) is 4.82. The lowest BCUT2D eigenvalue weighted by molar-refractivity contribution is 0.0591. The van der Waals surface area contributed by atoms with Gasteiger partial charge in [0.15, 0.2) is 11.3 Å². The van der Waals surface area contributed by atoms with Crippen LogP contribution in [0, 0.1) is 0 Å². The largest absolute Gasteiger partial charge is 0.464 e. The van der Waals surface area contributed by atoms with E-state index in [1.807, 2.05) is 0 Å². The number of aromatic nitrogens is 3. The summed E-state index contributed by atoms with van der Waals surface area (Å²) in [5.41, 5.74) is 6.21. The highest BCUT2D eigenvalue weighted by molar-refractivity contribution is 9.10.